The number of nitrogens with zero attached hydrogens (tertiary/aromatic N) is 2. The molecule has 1 fully saturated rings. The lowest BCUT2D eigenvalue weighted by Gasteiger charge is -2.29. The number of nitrogens with one attached hydrogen (secondary N) is 1. The Morgan fingerprint density at radius 3 is 2.77 bits per heavy atom. The van der Waals surface area contributed by atoms with Crippen LogP contribution >= 0.6 is 0 Å². The molecule has 2 aromatic rings. The molecule has 0 aliphatic carbocycles. The molecule has 1 unspecified atom stereocenters. The smallest absolute Gasteiger partial charge is 0.287 e. The molecular weight excluding hydrogens is 406 g/mol. The number of piperidine rings is 1. The molecule has 1 aromatic heterocycles. The van der Waals surface area contributed by atoms with Gasteiger partial charge in [-0.1, -0.05) is 12.1 Å². The van der Waals surface area contributed by atoms with Crippen molar-refractivity contribution in [2.45, 2.75) is 43.7 Å². The maximum atomic E-state index is 12.7. The second-order valence-electron chi connectivity index (χ2n) is 7.32. The Labute approximate surface area is 176 Å². The number of aliphatic hydroxyl groups is 1. The summed E-state index contributed by atoms with van der Waals surface area (Å²) in [6, 6.07) is 8.09. The minimum atomic E-state index is -3.64. The fourth-order valence-electron chi connectivity index (χ4n) is 3.36. The standard InChI is InChI=1S/C21H27N3O5S/c1-15-17(9-10-22-2)12-20(29-15)21(26)23-13-16-5-7-19(8-6-16)30(27,28)24-11-3-4-18(25)14-24/h5-8,10,12,18,25H,3-4,9,11,13-14H2,1-2H3,(H,23,26). The third-order valence-corrected chi connectivity index (χ3v) is 6.99. The average Bonchev–Trinajstić information content (AvgIpc) is 3.11. The zero-order valence-corrected chi connectivity index (χ0v) is 18.0. The summed E-state index contributed by atoms with van der Waals surface area (Å²) in [5, 5.41) is 12.5. The zero-order chi connectivity index (χ0) is 21.7. The van der Waals surface area contributed by atoms with Crippen LogP contribution < -0.4 is 5.32 Å². The van der Waals surface area contributed by atoms with Crippen LogP contribution in [0.25, 0.3) is 0 Å². The Hall–Kier alpha value is -2.49. The van der Waals surface area contributed by atoms with Crippen molar-refractivity contribution >= 4 is 22.1 Å². The highest BCUT2D eigenvalue weighted by molar-refractivity contribution is 7.89. The largest absolute Gasteiger partial charge is 0.456 e. The topological polar surface area (TPSA) is 112 Å². The lowest BCUT2D eigenvalue weighted by Crippen LogP contribution is -2.42. The molecule has 2 N–H and O–H groups in total. The molecule has 8 nitrogen and oxygen atoms in total. The molecular formula is C21H27N3O5S. The summed E-state index contributed by atoms with van der Waals surface area (Å²) >= 11 is 0. The van der Waals surface area contributed by atoms with E-state index in [9.17, 15) is 18.3 Å². The summed E-state index contributed by atoms with van der Waals surface area (Å²) in [5.74, 6) is 0.573. The van der Waals surface area contributed by atoms with Crippen LogP contribution in [0.15, 0.2) is 44.6 Å². The monoisotopic (exact) mass is 433 g/mol. The molecule has 0 radical (unpaired) electrons. The van der Waals surface area contributed by atoms with Gasteiger partial charge in [0.05, 0.1) is 11.0 Å². The highest BCUT2D eigenvalue weighted by atomic mass is 32.2. The van der Waals surface area contributed by atoms with Crippen molar-refractivity contribution < 1.29 is 22.7 Å². The highest BCUT2D eigenvalue weighted by Gasteiger charge is 2.29. The Morgan fingerprint density at radius 2 is 2.10 bits per heavy atom. The summed E-state index contributed by atoms with van der Waals surface area (Å²) in [6.07, 6.45) is 2.99. The second kappa shape index (κ2) is 9.55. The molecule has 0 bridgehead atoms. The van der Waals surface area contributed by atoms with Gasteiger partial charge in [-0.15, -0.1) is 0 Å². The van der Waals surface area contributed by atoms with Gasteiger partial charge in [-0.05, 0) is 49.1 Å². The van der Waals surface area contributed by atoms with Gasteiger partial charge in [-0.3, -0.25) is 4.79 Å². The van der Waals surface area contributed by atoms with E-state index in [1.807, 2.05) is 0 Å². The lowest BCUT2D eigenvalue weighted by molar-refractivity contribution is 0.0922. The van der Waals surface area contributed by atoms with Crippen LogP contribution in [0.5, 0.6) is 0 Å². The van der Waals surface area contributed by atoms with Gasteiger partial charge in [0, 0.05) is 39.3 Å². The number of carbonyl (C=O) groups is 1. The number of sulfonamides is 1. The maximum Gasteiger partial charge on any atom is 0.287 e. The minimum Gasteiger partial charge on any atom is -0.456 e. The van der Waals surface area contributed by atoms with Crippen molar-refractivity contribution in [1.82, 2.24) is 9.62 Å². The van der Waals surface area contributed by atoms with E-state index < -0.39 is 16.1 Å². The van der Waals surface area contributed by atoms with Crippen molar-refractivity contribution in [1.29, 1.82) is 0 Å². The SMILES string of the molecule is CN=CCc1cc(C(=O)NCc2ccc(S(=O)(=O)N3CCCC(O)C3)cc2)oc1C. The third kappa shape index (κ3) is 5.16. The number of aryl methyl sites for hydroxylation is 1. The lowest BCUT2D eigenvalue weighted by atomic mass is 10.1. The first kappa shape index (κ1) is 22.2. The van der Waals surface area contributed by atoms with Crippen LogP contribution in [0.4, 0.5) is 0 Å². The molecule has 1 atom stereocenters. The van der Waals surface area contributed by atoms with Crippen molar-refractivity contribution in [3.8, 4) is 0 Å². The van der Waals surface area contributed by atoms with E-state index in [1.54, 1.807) is 38.4 Å². The van der Waals surface area contributed by atoms with Gasteiger partial charge in [0.15, 0.2) is 5.76 Å². The number of aliphatic imine (C=N–C) groups is 1. The fraction of sp³-hybridized carbons (Fsp3) is 0.429. The van der Waals surface area contributed by atoms with E-state index >= 15 is 0 Å². The minimum absolute atomic E-state index is 0.120. The van der Waals surface area contributed by atoms with Crippen LogP contribution in [0.2, 0.25) is 0 Å². The van der Waals surface area contributed by atoms with E-state index in [0.717, 1.165) is 11.1 Å². The number of carbonyl (C=O) groups excluding carboxylic acids is 1. The van der Waals surface area contributed by atoms with E-state index in [2.05, 4.69) is 10.3 Å². The summed E-state index contributed by atoms with van der Waals surface area (Å²) in [5.41, 5.74) is 1.67. The molecule has 2 heterocycles. The van der Waals surface area contributed by atoms with Gasteiger partial charge in [-0.25, -0.2) is 8.42 Å². The van der Waals surface area contributed by atoms with E-state index in [-0.39, 0.29) is 29.7 Å². The van der Waals surface area contributed by atoms with Crippen LogP contribution in [0.3, 0.4) is 0 Å². The number of hydrogen-bond acceptors (Lipinski definition) is 6. The number of benzene rings is 1. The molecule has 0 spiro atoms. The van der Waals surface area contributed by atoms with Gasteiger partial charge < -0.3 is 19.8 Å². The highest BCUT2D eigenvalue weighted by Crippen LogP contribution is 2.21. The van der Waals surface area contributed by atoms with Gasteiger partial charge in [-0.2, -0.15) is 4.31 Å². The number of rotatable bonds is 7. The fourth-order valence-corrected chi connectivity index (χ4v) is 4.88. The second-order valence-corrected chi connectivity index (χ2v) is 9.26. The Morgan fingerprint density at radius 1 is 1.37 bits per heavy atom. The van der Waals surface area contributed by atoms with Crippen molar-refractivity contribution in [2.24, 2.45) is 4.99 Å². The molecule has 30 heavy (non-hydrogen) atoms. The summed E-state index contributed by atoms with van der Waals surface area (Å²) < 4.78 is 32.3. The predicted molar refractivity (Wildman–Crippen MR) is 113 cm³/mol. The van der Waals surface area contributed by atoms with Gasteiger partial charge in [0.25, 0.3) is 5.91 Å². The first-order valence-electron chi connectivity index (χ1n) is 9.86. The molecule has 1 saturated heterocycles. The molecule has 3 rings (SSSR count). The summed E-state index contributed by atoms with van der Waals surface area (Å²) in [6.45, 7) is 2.57. The predicted octanol–water partition coefficient (Wildman–Crippen LogP) is 1.91. The molecule has 1 aromatic carbocycles. The first-order valence-corrected chi connectivity index (χ1v) is 11.3. The molecule has 162 valence electrons. The molecule has 0 saturated carbocycles. The quantitative estimate of drug-likeness (QED) is 0.648. The number of β-amino-alcohol motifs (C(OH)–C–C–N with tert-alkyl or cyclic N) is 1. The maximum absolute atomic E-state index is 12.7. The normalized spacial score (nSPS) is 18.0. The van der Waals surface area contributed by atoms with Gasteiger partial charge in [0.1, 0.15) is 5.76 Å². The number of furan rings is 1. The Balaban J connectivity index is 1.61. The molecule has 1 aliphatic rings. The van der Waals surface area contributed by atoms with Crippen molar-refractivity contribution in [2.75, 3.05) is 20.1 Å². The van der Waals surface area contributed by atoms with Crippen molar-refractivity contribution in [3.05, 3.63) is 53.0 Å². The Bertz CT molecular complexity index is 1010. The van der Waals surface area contributed by atoms with E-state index in [0.29, 0.717) is 31.6 Å². The number of hydrogen-bond donors (Lipinski definition) is 2. The zero-order valence-electron chi connectivity index (χ0n) is 17.2. The average molecular weight is 434 g/mol. The Kier molecular flexibility index (Phi) is 7.06. The van der Waals surface area contributed by atoms with Crippen LogP contribution in [0.1, 0.15) is 40.3 Å². The molecule has 1 amide bonds. The molecule has 1 aliphatic heterocycles. The summed E-state index contributed by atoms with van der Waals surface area (Å²) in [4.78, 5) is 16.5. The molecule has 9 heteroatoms. The van der Waals surface area contributed by atoms with E-state index in [1.165, 1.54) is 16.4 Å². The first-order chi connectivity index (χ1) is 14.3. The van der Waals surface area contributed by atoms with Crippen LogP contribution in [-0.2, 0) is 23.0 Å². The number of aliphatic hydroxyl groups excluding tert-OH is 1. The number of amides is 1. The third-order valence-electron chi connectivity index (χ3n) is 5.11. The summed E-state index contributed by atoms with van der Waals surface area (Å²) in [7, 11) is -1.95. The van der Waals surface area contributed by atoms with Crippen LogP contribution in [0, 0.1) is 6.92 Å². The van der Waals surface area contributed by atoms with Crippen molar-refractivity contribution in [3.63, 3.8) is 0 Å². The van der Waals surface area contributed by atoms with Crippen LogP contribution in [-0.4, -0.2) is 56.2 Å². The van der Waals surface area contributed by atoms with Gasteiger partial charge in [0.2, 0.25) is 10.0 Å². The van der Waals surface area contributed by atoms with Gasteiger partial charge >= 0.3 is 0 Å². The van der Waals surface area contributed by atoms with E-state index in [4.69, 9.17) is 4.42 Å².